The van der Waals surface area contributed by atoms with Gasteiger partial charge in [-0.1, -0.05) is 6.92 Å². The molecule has 2 aliphatic heterocycles. The molecule has 1 atom stereocenters. The van der Waals surface area contributed by atoms with E-state index in [1.165, 1.54) is 12.8 Å². The molecule has 2 aromatic rings. The molecular formula is C19H27N5O2. The molecule has 2 aliphatic rings. The minimum atomic E-state index is -0.0673. The largest absolute Gasteiger partial charge is 0.455 e. The first-order valence-electron chi connectivity index (χ1n) is 9.52. The Morgan fingerprint density at radius 1 is 1.23 bits per heavy atom. The molecule has 0 bridgehead atoms. The van der Waals surface area contributed by atoms with Crippen LogP contribution in [-0.2, 0) is 13.1 Å². The smallest absolute Gasteiger partial charge is 0.290 e. The molecule has 1 fully saturated rings. The van der Waals surface area contributed by atoms with Crippen molar-refractivity contribution in [3.05, 3.63) is 35.3 Å². The van der Waals surface area contributed by atoms with E-state index in [4.69, 9.17) is 4.42 Å². The van der Waals surface area contributed by atoms with Gasteiger partial charge in [0.25, 0.3) is 5.91 Å². The molecule has 0 aromatic carbocycles. The fourth-order valence-corrected chi connectivity index (χ4v) is 4.06. The van der Waals surface area contributed by atoms with Gasteiger partial charge in [0, 0.05) is 6.54 Å². The highest BCUT2D eigenvalue weighted by atomic mass is 16.4. The van der Waals surface area contributed by atoms with Crippen molar-refractivity contribution in [3.63, 3.8) is 0 Å². The SMILES string of the molecule is Cc1nnc2n1C(C)CN(C(=O)c1ccc(CN3CCC(C)CC3)o1)C2. The molecule has 1 unspecified atom stereocenters. The van der Waals surface area contributed by atoms with Crippen molar-refractivity contribution in [2.45, 2.75) is 52.7 Å². The normalized spacial score (nSPS) is 21.8. The number of likely N-dealkylation sites (tertiary alicyclic amines) is 1. The molecule has 4 heterocycles. The summed E-state index contributed by atoms with van der Waals surface area (Å²) in [5.41, 5.74) is 0. The van der Waals surface area contributed by atoms with Gasteiger partial charge in [-0.15, -0.1) is 10.2 Å². The van der Waals surface area contributed by atoms with Gasteiger partial charge in [-0.05, 0) is 57.8 Å². The zero-order chi connectivity index (χ0) is 18.3. The topological polar surface area (TPSA) is 67.4 Å². The van der Waals surface area contributed by atoms with E-state index in [9.17, 15) is 4.79 Å². The van der Waals surface area contributed by atoms with Crippen LogP contribution in [0.2, 0.25) is 0 Å². The third-order valence-corrected chi connectivity index (χ3v) is 5.61. The third kappa shape index (κ3) is 3.28. The summed E-state index contributed by atoms with van der Waals surface area (Å²) >= 11 is 0. The Hall–Kier alpha value is -2.15. The van der Waals surface area contributed by atoms with Gasteiger partial charge in [0.15, 0.2) is 11.6 Å². The Labute approximate surface area is 154 Å². The van der Waals surface area contributed by atoms with Crippen LogP contribution in [0.25, 0.3) is 0 Å². The Morgan fingerprint density at radius 2 is 2.00 bits per heavy atom. The van der Waals surface area contributed by atoms with E-state index < -0.39 is 0 Å². The van der Waals surface area contributed by atoms with Crippen LogP contribution in [0.1, 0.15) is 60.7 Å². The predicted molar refractivity (Wildman–Crippen MR) is 96.6 cm³/mol. The van der Waals surface area contributed by atoms with Crippen molar-refractivity contribution in [2.24, 2.45) is 5.92 Å². The second-order valence-electron chi connectivity index (χ2n) is 7.79. The highest BCUT2D eigenvalue weighted by molar-refractivity contribution is 5.91. The molecule has 1 saturated heterocycles. The number of aromatic nitrogens is 3. The van der Waals surface area contributed by atoms with Crippen LogP contribution in [0.3, 0.4) is 0 Å². The molecule has 7 heteroatoms. The maximum atomic E-state index is 12.9. The summed E-state index contributed by atoms with van der Waals surface area (Å²) in [5, 5.41) is 8.34. The summed E-state index contributed by atoms with van der Waals surface area (Å²) < 4.78 is 7.99. The minimum Gasteiger partial charge on any atom is -0.455 e. The summed E-state index contributed by atoms with van der Waals surface area (Å²) in [6.45, 7) is 10.4. The number of rotatable bonds is 3. The van der Waals surface area contributed by atoms with Crippen LogP contribution >= 0.6 is 0 Å². The molecule has 0 radical (unpaired) electrons. The fourth-order valence-electron chi connectivity index (χ4n) is 4.06. The van der Waals surface area contributed by atoms with Crippen molar-refractivity contribution in [3.8, 4) is 0 Å². The van der Waals surface area contributed by atoms with Crippen LogP contribution in [0.5, 0.6) is 0 Å². The summed E-state index contributed by atoms with van der Waals surface area (Å²) in [6.07, 6.45) is 2.47. The summed E-state index contributed by atoms with van der Waals surface area (Å²) in [4.78, 5) is 17.1. The average Bonchev–Trinajstić information content (AvgIpc) is 3.23. The van der Waals surface area contributed by atoms with Crippen LogP contribution in [0, 0.1) is 12.8 Å². The zero-order valence-corrected chi connectivity index (χ0v) is 15.8. The van der Waals surface area contributed by atoms with Crippen molar-refractivity contribution >= 4 is 5.91 Å². The number of amides is 1. The second kappa shape index (κ2) is 6.87. The first kappa shape index (κ1) is 17.3. The van der Waals surface area contributed by atoms with Gasteiger partial charge < -0.3 is 13.9 Å². The van der Waals surface area contributed by atoms with Crippen LogP contribution in [0.4, 0.5) is 0 Å². The molecule has 26 heavy (non-hydrogen) atoms. The zero-order valence-electron chi connectivity index (χ0n) is 15.8. The number of hydrogen-bond acceptors (Lipinski definition) is 5. The Morgan fingerprint density at radius 3 is 2.77 bits per heavy atom. The average molecular weight is 357 g/mol. The number of fused-ring (bicyclic) bond motifs is 1. The summed E-state index contributed by atoms with van der Waals surface area (Å²) in [7, 11) is 0. The fraction of sp³-hybridized carbons (Fsp3) is 0.632. The van der Waals surface area contributed by atoms with Crippen LogP contribution < -0.4 is 0 Å². The van der Waals surface area contributed by atoms with Crippen molar-refractivity contribution < 1.29 is 9.21 Å². The van der Waals surface area contributed by atoms with Gasteiger partial charge in [0.05, 0.1) is 19.1 Å². The van der Waals surface area contributed by atoms with E-state index >= 15 is 0 Å². The minimum absolute atomic E-state index is 0.0673. The maximum Gasteiger partial charge on any atom is 0.290 e. The first-order valence-corrected chi connectivity index (χ1v) is 9.52. The maximum absolute atomic E-state index is 12.9. The highest BCUT2D eigenvalue weighted by Gasteiger charge is 2.30. The first-order chi connectivity index (χ1) is 12.5. The Bertz CT molecular complexity index is 788. The van der Waals surface area contributed by atoms with Gasteiger partial charge >= 0.3 is 0 Å². The van der Waals surface area contributed by atoms with E-state index in [-0.39, 0.29) is 11.9 Å². The standard InChI is InChI=1S/C19H27N5O2/c1-13-6-8-22(9-7-13)11-16-4-5-17(26-16)19(25)23-10-14(2)24-15(3)20-21-18(24)12-23/h4-5,13-14H,6-12H2,1-3H3. The molecule has 0 N–H and O–H groups in total. The Kier molecular flexibility index (Phi) is 4.56. The van der Waals surface area contributed by atoms with Crippen LogP contribution in [-0.4, -0.2) is 50.1 Å². The molecule has 0 aliphatic carbocycles. The highest BCUT2D eigenvalue weighted by Crippen LogP contribution is 2.24. The van der Waals surface area contributed by atoms with E-state index in [0.717, 1.165) is 43.0 Å². The molecule has 2 aromatic heterocycles. The van der Waals surface area contributed by atoms with Crippen molar-refractivity contribution in [1.29, 1.82) is 0 Å². The number of aryl methyl sites for hydroxylation is 1. The molecule has 1 amide bonds. The monoisotopic (exact) mass is 357 g/mol. The van der Waals surface area contributed by atoms with Crippen LogP contribution in [0.15, 0.2) is 16.5 Å². The van der Waals surface area contributed by atoms with E-state index in [1.54, 1.807) is 11.0 Å². The molecule has 140 valence electrons. The quantitative estimate of drug-likeness (QED) is 0.845. The van der Waals surface area contributed by atoms with E-state index in [2.05, 4.69) is 33.5 Å². The number of piperidine rings is 1. The van der Waals surface area contributed by atoms with Crippen molar-refractivity contribution in [2.75, 3.05) is 19.6 Å². The summed E-state index contributed by atoms with van der Waals surface area (Å²) in [6, 6.07) is 3.91. The molecule has 0 saturated carbocycles. The van der Waals surface area contributed by atoms with Gasteiger partial charge in [-0.25, -0.2) is 0 Å². The second-order valence-corrected chi connectivity index (χ2v) is 7.79. The predicted octanol–water partition coefficient (Wildman–Crippen LogP) is 2.63. The number of nitrogens with zero attached hydrogens (tertiary/aromatic N) is 5. The Balaban J connectivity index is 1.42. The molecular weight excluding hydrogens is 330 g/mol. The van der Waals surface area contributed by atoms with Gasteiger partial charge in [0.1, 0.15) is 11.6 Å². The lowest BCUT2D eigenvalue weighted by molar-refractivity contribution is 0.0643. The lowest BCUT2D eigenvalue weighted by atomic mass is 9.99. The van der Waals surface area contributed by atoms with Gasteiger partial charge in [0.2, 0.25) is 0 Å². The molecule has 0 spiro atoms. The van der Waals surface area contributed by atoms with E-state index in [0.29, 0.717) is 18.8 Å². The van der Waals surface area contributed by atoms with Gasteiger partial charge in [-0.3, -0.25) is 9.69 Å². The number of carbonyl (C=O) groups excluding carboxylic acids is 1. The number of carbonyl (C=O) groups is 1. The van der Waals surface area contributed by atoms with Crippen molar-refractivity contribution in [1.82, 2.24) is 24.6 Å². The number of hydrogen-bond donors (Lipinski definition) is 0. The lowest BCUT2D eigenvalue weighted by Crippen LogP contribution is -2.40. The number of furan rings is 1. The molecule has 7 nitrogen and oxygen atoms in total. The van der Waals surface area contributed by atoms with E-state index in [1.807, 2.05) is 13.0 Å². The molecule has 4 rings (SSSR count). The lowest BCUT2D eigenvalue weighted by Gasteiger charge is -2.31. The third-order valence-electron chi connectivity index (χ3n) is 5.61. The summed E-state index contributed by atoms with van der Waals surface area (Å²) in [5.74, 6) is 3.77. The van der Waals surface area contributed by atoms with Gasteiger partial charge in [-0.2, -0.15) is 0 Å².